The number of sulfone groups is 2. The minimum atomic E-state index is -5.08. The number of hydrogen-bond donors (Lipinski definition) is 0. The van der Waals surface area contributed by atoms with Crippen molar-refractivity contribution < 1.29 is 52.7 Å². The van der Waals surface area contributed by atoms with Crippen molar-refractivity contribution in [2.45, 2.75) is 36.7 Å². The molecule has 0 unspecified atom stereocenters. The van der Waals surface area contributed by atoms with Crippen molar-refractivity contribution in [3.8, 4) is 0 Å². The SMILES string of the molecule is CS(=O)(=O)C1=CC(OC(F)(F)F)=CC=C(C(=O)N2CCC(CS(=O)(=O)c3cccc(C(F)(F)F)c3)CC2)C1. The van der Waals surface area contributed by atoms with E-state index in [0.29, 0.717) is 12.1 Å². The number of hydrogen-bond acceptors (Lipinski definition) is 6. The lowest BCUT2D eigenvalue weighted by atomic mass is 9.98. The second-order valence-corrected chi connectivity index (χ2v) is 13.0. The third-order valence-corrected chi connectivity index (χ3v) is 9.08. The van der Waals surface area contributed by atoms with Crippen LogP contribution in [0.25, 0.3) is 0 Å². The van der Waals surface area contributed by atoms with Gasteiger partial charge in [0.25, 0.3) is 0 Å². The maximum atomic E-state index is 13.0. The van der Waals surface area contributed by atoms with Crippen LogP contribution in [0.1, 0.15) is 24.8 Å². The summed E-state index contributed by atoms with van der Waals surface area (Å²) in [6.45, 7) is 0.124. The Morgan fingerprint density at radius 2 is 1.66 bits per heavy atom. The summed E-state index contributed by atoms with van der Waals surface area (Å²) in [5.74, 6) is -2.33. The summed E-state index contributed by atoms with van der Waals surface area (Å²) >= 11 is 0. The maximum Gasteiger partial charge on any atom is 0.573 e. The Balaban J connectivity index is 1.70. The number of nitrogens with zero attached hydrogens (tertiary/aromatic N) is 1. The van der Waals surface area contributed by atoms with Gasteiger partial charge in [-0.25, -0.2) is 16.8 Å². The molecule has 38 heavy (non-hydrogen) atoms. The Kier molecular flexibility index (Phi) is 8.41. The number of benzene rings is 1. The second-order valence-electron chi connectivity index (χ2n) is 8.91. The van der Waals surface area contributed by atoms with Crippen LogP contribution in [0.3, 0.4) is 0 Å². The summed E-state index contributed by atoms with van der Waals surface area (Å²) in [6, 6.07) is 3.43. The highest BCUT2D eigenvalue weighted by molar-refractivity contribution is 7.94. The van der Waals surface area contributed by atoms with Crippen molar-refractivity contribution in [1.29, 1.82) is 0 Å². The largest absolute Gasteiger partial charge is 0.573 e. The van der Waals surface area contributed by atoms with Crippen LogP contribution in [0.2, 0.25) is 0 Å². The van der Waals surface area contributed by atoms with Gasteiger partial charge in [0.2, 0.25) is 5.91 Å². The molecule has 0 N–H and O–H groups in total. The zero-order valence-corrected chi connectivity index (χ0v) is 21.5. The van der Waals surface area contributed by atoms with E-state index in [1.54, 1.807) is 0 Å². The van der Waals surface area contributed by atoms with E-state index in [2.05, 4.69) is 4.74 Å². The molecule has 1 aliphatic carbocycles. The highest BCUT2D eigenvalue weighted by Crippen LogP contribution is 2.32. The average molecular weight is 588 g/mol. The van der Waals surface area contributed by atoms with Crippen molar-refractivity contribution in [3.05, 3.63) is 64.3 Å². The van der Waals surface area contributed by atoms with Gasteiger partial charge in [-0.05, 0) is 55.2 Å². The van der Waals surface area contributed by atoms with Crippen LogP contribution < -0.4 is 0 Å². The van der Waals surface area contributed by atoms with Gasteiger partial charge in [0.15, 0.2) is 19.7 Å². The Labute approximate surface area is 215 Å². The molecule has 2 aliphatic rings. The van der Waals surface area contributed by atoms with Crippen molar-refractivity contribution in [1.82, 2.24) is 4.90 Å². The van der Waals surface area contributed by atoms with E-state index in [4.69, 9.17) is 0 Å². The van der Waals surface area contributed by atoms with Gasteiger partial charge in [0.1, 0.15) is 5.76 Å². The van der Waals surface area contributed by atoms with Crippen molar-refractivity contribution in [2.75, 3.05) is 25.1 Å². The van der Waals surface area contributed by atoms with Crippen molar-refractivity contribution in [3.63, 3.8) is 0 Å². The highest BCUT2D eigenvalue weighted by atomic mass is 32.2. The predicted molar refractivity (Wildman–Crippen MR) is 124 cm³/mol. The van der Waals surface area contributed by atoms with Crippen LogP contribution in [0.5, 0.6) is 0 Å². The molecule has 0 spiro atoms. The monoisotopic (exact) mass is 587 g/mol. The number of halogens is 6. The first kappa shape index (κ1) is 29.7. The molecule has 7 nitrogen and oxygen atoms in total. The minimum absolute atomic E-state index is 0.0620. The Morgan fingerprint density at radius 1 is 1.03 bits per heavy atom. The number of rotatable bonds is 6. The van der Waals surface area contributed by atoms with Crippen LogP contribution in [0.4, 0.5) is 26.3 Å². The molecule has 1 aliphatic heterocycles. The van der Waals surface area contributed by atoms with Crippen LogP contribution in [-0.4, -0.2) is 59.1 Å². The zero-order chi connectivity index (χ0) is 28.5. The fourth-order valence-electron chi connectivity index (χ4n) is 4.05. The van der Waals surface area contributed by atoms with E-state index in [1.165, 1.54) is 4.90 Å². The number of alkyl halides is 6. The van der Waals surface area contributed by atoms with Gasteiger partial charge in [-0.15, -0.1) is 13.2 Å². The van der Waals surface area contributed by atoms with Gasteiger partial charge in [-0.1, -0.05) is 6.07 Å². The third kappa shape index (κ3) is 7.85. The number of piperidine rings is 1. The molecule has 0 bridgehead atoms. The first-order valence-electron chi connectivity index (χ1n) is 11.1. The van der Waals surface area contributed by atoms with E-state index < -0.39 is 77.3 Å². The first-order chi connectivity index (χ1) is 17.3. The smallest absolute Gasteiger partial charge is 0.406 e. The van der Waals surface area contributed by atoms with Crippen molar-refractivity contribution >= 4 is 25.6 Å². The average Bonchev–Trinajstić information content (AvgIpc) is 3.00. The summed E-state index contributed by atoms with van der Waals surface area (Å²) in [6.07, 6.45) is -6.49. The lowest BCUT2D eigenvalue weighted by Gasteiger charge is -2.32. The first-order valence-corrected chi connectivity index (χ1v) is 14.7. The number of allylic oxidation sites excluding steroid dienone is 4. The molecule has 0 radical (unpaired) electrons. The number of amides is 1. The zero-order valence-electron chi connectivity index (χ0n) is 19.8. The molecule has 0 aromatic heterocycles. The number of ether oxygens (including phenoxy) is 1. The van der Waals surface area contributed by atoms with Crippen molar-refractivity contribution in [2.24, 2.45) is 5.92 Å². The molecule has 1 amide bonds. The van der Waals surface area contributed by atoms with E-state index in [0.717, 1.165) is 36.6 Å². The second kappa shape index (κ2) is 10.8. The fraction of sp³-hybridized carbons (Fsp3) is 0.435. The quantitative estimate of drug-likeness (QED) is 0.458. The number of carbonyl (C=O) groups excluding carboxylic acids is 1. The lowest BCUT2D eigenvalue weighted by Crippen LogP contribution is -2.40. The normalized spacial score (nSPS) is 18.3. The van der Waals surface area contributed by atoms with Gasteiger partial charge in [-0.3, -0.25) is 4.79 Å². The van der Waals surface area contributed by atoms with Crippen LogP contribution >= 0.6 is 0 Å². The fourth-order valence-corrected chi connectivity index (χ4v) is 6.53. The Hall–Kier alpha value is -2.81. The molecule has 1 aromatic rings. The predicted octanol–water partition coefficient (Wildman–Crippen LogP) is 4.40. The molecule has 1 heterocycles. The summed E-state index contributed by atoms with van der Waals surface area (Å²) in [5.41, 5.74) is -1.19. The highest BCUT2D eigenvalue weighted by Gasteiger charge is 2.35. The number of carbonyl (C=O) groups is 1. The molecule has 1 fully saturated rings. The molecule has 1 aromatic carbocycles. The van der Waals surface area contributed by atoms with Gasteiger partial charge in [0, 0.05) is 31.3 Å². The van der Waals surface area contributed by atoms with E-state index in [-0.39, 0.29) is 31.5 Å². The van der Waals surface area contributed by atoms with Gasteiger partial charge >= 0.3 is 12.5 Å². The summed E-state index contributed by atoms with van der Waals surface area (Å²) < 4.78 is 130. The number of likely N-dealkylation sites (tertiary alicyclic amines) is 1. The van der Waals surface area contributed by atoms with E-state index in [9.17, 15) is 48.0 Å². The summed E-state index contributed by atoms with van der Waals surface area (Å²) in [7, 11) is -8.03. The standard InChI is InChI=1S/C23H23F6NO6S2/c1-37(32,33)20-11-16(5-6-18(13-20)36-23(27,28)29)21(31)30-9-7-15(8-10-30)14-38(34,35)19-4-2-3-17(12-19)22(24,25)26/h2-6,12-13,15H,7-11,14H2,1H3. The third-order valence-electron chi connectivity index (χ3n) is 5.98. The summed E-state index contributed by atoms with van der Waals surface area (Å²) in [4.78, 5) is 13.4. The lowest BCUT2D eigenvalue weighted by molar-refractivity contribution is -0.303. The Morgan fingerprint density at radius 3 is 2.21 bits per heavy atom. The van der Waals surface area contributed by atoms with Crippen LogP contribution in [-0.2, 0) is 35.4 Å². The van der Waals surface area contributed by atoms with Gasteiger partial charge in [-0.2, -0.15) is 13.2 Å². The maximum absolute atomic E-state index is 13.0. The molecule has 0 saturated carbocycles. The molecular weight excluding hydrogens is 564 g/mol. The molecular formula is C23H23F6NO6S2. The minimum Gasteiger partial charge on any atom is -0.406 e. The van der Waals surface area contributed by atoms with Crippen LogP contribution in [0, 0.1) is 5.92 Å². The molecule has 1 saturated heterocycles. The molecule has 210 valence electrons. The molecule has 0 atom stereocenters. The van der Waals surface area contributed by atoms with Gasteiger partial charge in [0.05, 0.1) is 21.1 Å². The van der Waals surface area contributed by atoms with Crippen LogP contribution in [0.15, 0.2) is 63.6 Å². The van der Waals surface area contributed by atoms with E-state index >= 15 is 0 Å². The molecule has 3 rings (SSSR count). The topological polar surface area (TPSA) is 97.8 Å². The van der Waals surface area contributed by atoms with Gasteiger partial charge < -0.3 is 9.64 Å². The summed E-state index contributed by atoms with van der Waals surface area (Å²) in [5, 5.41) is 0. The van der Waals surface area contributed by atoms with E-state index in [1.807, 2.05) is 0 Å². The Bertz CT molecular complexity index is 1380. The molecule has 15 heteroatoms.